The molecule has 0 saturated carbocycles. The first kappa shape index (κ1) is 13.7. The number of benzene rings is 2. The Balaban J connectivity index is 2.18. The van der Waals surface area contributed by atoms with Gasteiger partial charge in [0.25, 0.3) is 0 Å². The molecule has 0 aliphatic heterocycles. The van der Waals surface area contributed by atoms with Crippen molar-refractivity contribution >= 4 is 0 Å². The zero-order valence-electron chi connectivity index (χ0n) is 10.7. The van der Waals surface area contributed by atoms with Gasteiger partial charge < -0.3 is 0 Å². The van der Waals surface area contributed by atoms with Crippen LogP contribution >= 0.6 is 0 Å². The molecule has 0 fully saturated rings. The van der Waals surface area contributed by atoms with Crippen LogP contribution in [0.4, 0.5) is 13.2 Å². The second-order valence-corrected chi connectivity index (χ2v) is 4.54. The summed E-state index contributed by atoms with van der Waals surface area (Å²) in [6, 6.07) is 13.5. The highest BCUT2D eigenvalue weighted by Gasteiger charge is 2.30. The molecule has 0 aliphatic rings. The van der Waals surface area contributed by atoms with Crippen molar-refractivity contribution in [2.45, 2.75) is 25.9 Å². The van der Waals surface area contributed by atoms with E-state index in [2.05, 4.69) is 6.92 Å². The van der Waals surface area contributed by atoms with Gasteiger partial charge in [-0.3, -0.25) is 0 Å². The highest BCUT2D eigenvalue weighted by atomic mass is 19.4. The van der Waals surface area contributed by atoms with Crippen LogP contribution in [-0.4, -0.2) is 0 Å². The third-order valence-corrected chi connectivity index (χ3v) is 3.09. The molecule has 0 bridgehead atoms. The molecule has 2 rings (SSSR count). The molecular formula is C16H15F3. The van der Waals surface area contributed by atoms with E-state index in [0.29, 0.717) is 12.0 Å². The topological polar surface area (TPSA) is 0 Å². The summed E-state index contributed by atoms with van der Waals surface area (Å²) in [5, 5.41) is 0. The normalized spacial score (nSPS) is 11.6. The Labute approximate surface area is 110 Å². The molecule has 0 heterocycles. The molecular weight excluding hydrogens is 249 g/mol. The monoisotopic (exact) mass is 264 g/mol. The molecule has 0 nitrogen and oxygen atoms in total. The van der Waals surface area contributed by atoms with E-state index in [-0.39, 0.29) is 0 Å². The number of rotatable bonds is 3. The zero-order chi connectivity index (χ0) is 13.9. The summed E-state index contributed by atoms with van der Waals surface area (Å²) in [6.45, 7) is 2.07. The minimum Gasteiger partial charge on any atom is -0.166 e. The third-order valence-electron chi connectivity index (χ3n) is 3.09. The lowest BCUT2D eigenvalue weighted by molar-refractivity contribution is -0.137. The number of hydrogen-bond acceptors (Lipinski definition) is 0. The Kier molecular flexibility index (Phi) is 3.93. The van der Waals surface area contributed by atoms with Crippen molar-refractivity contribution in [3.8, 4) is 0 Å². The van der Waals surface area contributed by atoms with E-state index in [9.17, 15) is 13.2 Å². The lowest BCUT2D eigenvalue weighted by Gasteiger charge is -2.09. The molecule has 3 heteroatoms. The van der Waals surface area contributed by atoms with Crippen molar-refractivity contribution < 1.29 is 13.2 Å². The summed E-state index contributed by atoms with van der Waals surface area (Å²) in [5.74, 6) is 0. The van der Waals surface area contributed by atoms with Crippen LogP contribution in [0.25, 0.3) is 0 Å². The van der Waals surface area contributed by atoms with Crippen LogP contribution in [0.3, 0.4) is 0 Å². The van der Waals surface area contributed by atoms with E-state index in [1.165, 1.54) is 17.7 Å². The molecule has 0 unspecified atom stereocenters. The fraction of sp³-hybridized carbons (Fsp3) is 0.250. The van der Waals surface area contributed by atoms with Gasteiger partial charge in [0.1, 0.15) is 0 Å². The van der Waals surface area contributed by atoms with Gasteiger partial charge in [0.2, 0.25) is 0 Å². The minimum atomic E-state index is -4.28. The van der Waals surface area contributed by atoms with Gasteiger partial charge in [-0.25, -0.2) is 0 Å². The quantitative estimate of drug-likeness (QED) is 0.742. The van der Waals surface area contributed by atoms with Crippen molar-refractivity contribution in [1.82, 2.24) is 0 Å². The maximum atomic E-state index is 12.6. The molecule has 0 saturated heterocycles. The molecule has 0 aliphatic carbocycles. The summed E-state index contributed by atoms with van der Waals surface area (Å²) in [4.78, 5) is 0. The van der Waals surface area contributed by atoms with Gasteiger partial charge in [-0.15, -0.1) is 0 Å². The molecule has 0 aromatic heterocycles. The molecule has 0 atom stereocenters. The van der Waals surface area contributed by atoms with Crippen LogP contribution in [0, 0.1) is 0 Å². The SMILES string of the molecule is CCc1ccc(Cc2cccc(C(F)(F)F)c2)cc1. The summed E-state index contributed by atoms with van der Waals surface area (Å²) in [6.07, 6.45) is -2.79. The van der Waals surface area contributed by atoms with Crippen LogP contribution < -0.4 is 0 Å². The van der Waals surface area contributed by atoms with Crippen LogP contribution in [0.1, 0.15) is 29.2 Å². The van der Waals surface area contributed by atoms with Crippen molar-refractivity contribution in [3.05, 3.63) is 70.8 Å². The molecule has 2 aromatic rings. The van der Waals surface area contributed by atoms with E-state index in [4.69, 9.17) is 0 Å². The van der Waals surface area contributed by atoms with Gasteiger partial charge in [-0.1, -0.05) is 49.4 Å². The van der Waals surface area contributed by atoms with Crippen LogP contribution in [0.15, 0.2) is 48.5 Å². The van der Waals surface area contributed by atoms with Crippen molar-refractivity contribution in [1.29, 1.82) is 0 Å². The summed E-state index contributed by atoms with van der Waals surface area (Å²) in [5.41, 5.74) is 2.35. The molecule has 0 amide bonds. The van der Waals surface area contributed by atoms with Crippen LogP contribution in [-0.2, 0) is 19.0 Å². The smallest absolute Gasteiger partial charge is 0.166 e. The second kappa shape index (κ2) is 5.47. The Morgan fingerprint density at radius 2 is 1.47 bits per heavy atom. The van der Waals surface area contributed by atoms with Gasteiger partial charge in [0.15, 0.2) is 0 Å². The number of hydrogen-bond donors (Lipinski definition) is 0. The Morgan fingerprint density at radius 3 is 2.05 bits per heavy atom. The van der Waals surface area contributed by atoms with E-state index >= 15 is 0 Å². The molecule has 19 heavy (non-hydrogen) atoms. The first-order chi connectivity index (χ1) is 8.99. The second-order valence-electron chi connectivity index (χ2n) is 4.54. The predicted molar refractivity (Wildman–Crippen MR) is 70.1 cm³/mol. The molecule has 0 spiro atoms. The number of alkyl halides is 3. The largest absolute Gasteiger partial charge is 0.416 e. The standard InChI is InChI=1S/C16H15F3/c1-2-12-6-8-13(9-7-12)10-14-4-3-5-15(11-14)16(17,18)19/h3-9,11H,2,10H2,1H3. The highest BCUT2D eigenvalue weighted by molar-refractivity contribution is 5.32. The number of aryl methyl sites for hydroxylation is 1. The zero-order valence-corrected chi connectivity index (χ0v) is 10.7. The van der Waals surface area contributed by atoms with E-state index < -0.39 is 11.7 Å². The average molecular weight is 264 g/mol. The maximum absolute atomic E-state index is 12.6. The summed E-state index contributed by atoms with van der Waals surface area (Å²) < 4.78 is 37.8. The van der Waals surface area contributed by atoms with Crippen LogP contribution in [0.5, 0.6) is 0 Å². The molecule has 0 N–H and O–H groups in total. The predicted octanol–water partition coefficient (Wildman–Crippen LogP) is 4.86. The summed E-state index contributed by atoms with van der Waals surface area (Å²) >= 11 is 0. The molecule has 2 aromatic carbocycles. The fourth-order valence-electron chi connectivity index (χ4n) is 1.99. The molecule has 0 radical (unpaired) electrons. The Morgan fingerprint density at radius 1 is 0.842 bits per heavy atom. The van der Waals surface area contributed by atoms with E-state index in [1.807, 2.05) is 24.3 Å². The number of halogens is 3. The van der Waals surface area contributed by atoms with Crippen molar-refractivity contribution in [3.63, 3.8) is 0 Å². The molecule has 100 valence electrons. The lowest BCUT2D eigenvalue weighted by atomic mass is 10.0. The Bertz CT molecular complexity index is 539. The van der Waals surface area contributed by atoms with Gasteiger partial charge >= 0.3 is 6.18 Å². The lowest BCUT2D eigenvalue weighted by Crippen LogP contribution is -2.05. The van der Waals surface area contributed by atoms with Crippen molar-refractivity contribution in [2.24, 2.45) is 0 Å². The summed E-state index contributed by atoms with van der Waals surface area (Å²) in [7, 11) is 0. The van der Waals surface area contributed by atoms with Gasteiger partial charge in [-0.2, -0.15) is 13.2 Å². The Hall–Kier alpha value is -1.77. The van der Waals surface area contributed by atoms with Crippen molar-refractivity contribution in [2.75, 3.05) is 0 Å². The maximum Gasteiger partial charge on any atom is 0.416 e. The van der Waals surface area contributed by atoms with E-state index in [1.54, 1.807) is 6.07 Å². The van der Waals surface area contributed by atoms with Gasteiger partial charge in [0.05, 0.1) is 5.56 Å². The minimum absolute atomic E-state index is 0.522. The average Bonchev–Trinajstić information content (AvgIpc) is 2.39. The fourth-order valence-corrected chi connectivity index (χ4v) is 1.99. The first-order valence-electron chi connectivity index (χ1n) is 6.23. The third kappa shape index (κ3) is 3.60. The van der Waals surface area contributed by atoms with Crippen LogP contribution in [0.2, 0.25) is 0 Å². The van der Waals surface area contributed by atoms with Gasteiger partial charge in [-0.05, 0) is 35.6 Å². The highest BCUT2D eigenvalue weighted by Crippen LogP contribution is 2.29. The first-order valence-corrected chi connectivity index (χ1v) is 6.23. The van der Waals surface area contributed by atoms with Gasteiger partial charge in [0, 0.05) is 0 Å². The van der Waals surface area contributed by atoms with E-state index in [0.717, 1.165) is 18.1 Å².